The van der Waals surface area contributed by atoms with E-state index in [1.54, 1.807) is 0 Å². The second kappa shape index (κ2) is 6.39. The highest BCUT2D eigenvalue weighted by Gasteiger charge is 2.07. The minimum absolute atomic E-state index is 0.185. The first-order chi connectivity index (χ1) is 9.20. The highest BCUT2D eigenvalue weighted by atomic mass is 16.5. The Morgan fingerprint density at radius 1 is 1.00 bits per heavy atom. The summed E-state index contributed by atoms with van der Waals surface area (Å²) in [5, 5.41) is 3.16. The second-order valence-corrected chi connectivity index (χ2v) is 4.89. The van der Waals surface area contributed by atoms with Gasteiger partial charge in [0.15, 0.2) is 0 Å². The lowest BCUT2D eigenvalue weighted by atomic mass is 10.0. The van der Waals surface area contributed by atoms with E-state index in [1.807, 2.05) is 39.1 Å². The van der Waals surface area contributed by atoms with Gasteiger partial charge in [0.2, 0.25) is 0 Å². The zero-order valence-corrected chi connectivity index (χ0v) is 11.8. The van der Waals surface area contributed by atoms with E-state index >= 15 is 0 Å². The van der Waals surface area contributed by atoms with E-state index in [9.17, 15) is 0 Å². The van der Waals surface area contributed by atoms with E-state index in [-0.39, 0.29) is 6.10 Å². The zero-order valence-electron chi connectivity index (χ0n) is 11.8. The molecular weight excluding hydrogens is 234 g/mol. The maximum atomic E-state index is 5.87. The average Bonchev–Trinajstić information content (AvgIpc) is 2.40. The summed E-state index contributed by atoms with van der Waals surface area (Å²) in [7, 11) is 1.96. The van der Waals surface area contributed by atoms with Crippen molar-refractivity contribution in [1.29, 1.82) is 0 Å². The Kier molecular flexibility index (Phi) is 4.58. The Hall–Kier alpha value is -1.80. The first kappa shape index (κ1) is 13.6. The van der Waals surface area contributed by atoms with Gasteiger partial charge in [0.1, 0.15) is 5.75 Å². The Bertz CT molecular complexity index is 517. The van der Waals surface area contributed by atoms with Crippen molar-refractivity contribution in [2.24, 2.45) is 0 Å². The van der Waals surface area contributed by atoms with Crippen molar-refractivity contribution < 1.29 is 4.74 Å². The molecule has 0 radical (unpaired) electrons. The molecule has 19 heavy (non-hydrogen) atoms. The van der Waals surface area contributed by atoms with Crippen molar-refractivity contribution in [3.8, 4) is 16.9 Å². The molecule has 100 valence electrons. The zero-order chi connectivity index (χ0) is 13.7. The standard InChI is InChI=1S/C17H21NO/c1-13(2)19-17-7-5-4-6-16(17)15-10-8-14(9-11-15)12-18-3/h4-11,13,18H,12H2,1-3H3. The molecule has 0 aliphatic heterocycles. The number of ether oxygens (including phenoxy) is 1. The lowest BCUT2D eigenvalue weighted by molar-refractivity contribution is 0.243. The van der Waals surface area contributed by atoms with E-state index in [2.05, 4.69) is 35.6 Å². The molecule has 0 saturated heterocycles. The first-order valence-electron chi connectivity index (χ1n) is 6.70. The van der Waals surface area contributed by atoms with Gasteiger partial charge in [-0.25, -0.2) is 0 Å². The lowest BCUT2D eigenvalue weighted by Crippen LogP contribution is -2.06. The molecule has 2 rings (SSSR count). The smallest absolute Gasteiger partial charge is 0.127 e. The van der Waals surface area contributed by atoms with Gasteiger partial charge in [0.25, 0.3) is 0 Å². The van der Waals surface area contributed by atoms with Gasteiger partial charge in [-0.1, -0.05) is 42.5 Å². The molecule has 0 bridgehead atoms. The van der Waals surface area contributed by atoms with Crippen LogP contribution in [-0.4, -0.2) is 13.2 Å². The fourth-order valence-electron chi connectivity index (χ4n) is 2.07. The summed E-state index contributed by atoms with van der Waals surface area (Å²) < 4.78 is 5.87. The Labute approximate surface area is 115 Å². The molecule has 0 aliphatic carbocycles. The first-order valence-corrected chi connectivity index (χ1v) is 6.70. The Balaban J connectivity index is 2.30. The van der Waals surface area contributed by atoms with Crippen LogP contribution in [0.3, 0.4) is 0 Å². The number of hydrogen-bond acceptors (Lipinski definition) is 2. The third-order valence-electron chi connectivity index (χ3n) is 2.90. The van der Waals surface area contributed by atoms with Crippen LogP contribution in [0, 0.1) is 0 Å². The predicted octanol–water partition coefficient (Wildman–Crippen LogP) is 3.86. The highest BCUT2D eigenvalue weighted by molar-refractivity contribution is 5.70. The van der Waals surface area contributed by atoms with Gasteiger partial charge >= 0.3 is 0 Å². The van der Waals surface area contributed by atoms with Crippen molar-refractivity contribution in [3.05, 3.63) is 54.1 Å². The number of benzene rings is 2. The molecule has 0 heterocycles. The van der Waals surface area contributed by atoms with E-state index < -0.39 is 0 Å². The number of para-hydroxylation sites is 1. The Morgan fingerprint density at radius 3 is 2.32 bits per heavy atom. The second-order valence-electron chi connectivity index (χ2n) is 4.89. The fourth-order valence-corrected chi connectivity index (χ4v) is 2.07. The number of nitrogens with one attached hydrogen (secondary N) is 1. The topological polar surface area (TPSA) is 21.3 Å². The largest absolute Gasteiger partial charge is 0.490 e. The third kappa shape index (κ3) is 3.58. The van der Waals surface area contributed by atoms with Crippen LogP contribution in [0.5, 0.6) is 5.75 Å². The molecule has 1 N–H and O–H groups in total. The van der Waals surface area contributed by atoms with Gasteiger partial charge in [-0.15, -0.1) is 0 Å². The van der Waals surface area contributed by atoms with Gasteiger partial charge in [0.05, 0.1) is 6.10 Å². The number of rotatable bonds is 5. The molecule has 0 saturated carbocycles. The molecule has 2 aromatic carbocycles. The molecular formula is C17H21NO. The molecule has 0 spiro atoms. The van der Waals surface area contributed by atoms with Crippen molar-refractivity contribution in [2.45, 2.75) is 26.5 Å². The normalized spacial score (nSPS) is 10.7. The number of hydrogen-bond donors (Lipinski definition) is 1. The van der Waals surface area contributed by atoms with Crippen LogP contribution in [-0.2, 0) is 6.54 Å². The van der Waals surface area contributed by atoms with Gasteiger partial charge in [-0.2, -0.15) is 0 Å². The van der Waals surface area contributed by atoms with E-state index in [1.165, 1.54) is 11.1 Å². The van der Waals surface area contributed by atoms with Gasteiger partial charge < -0.3 is 10.1 Å². The van der Waals surface area contributed by atoms with Crippen LogP contribution < -0.4 is 10.1 Å². The van der Waals surface area contributed by atoms with Crippen LogP contribution >= 0.6 is 0 Å². The maximum absolute atomic E-state index is 5.87. The van der Waals surface area contributed by atoms with Crippen molar-refractivity contribution in [2.75, 3.05) is 7.05 Å². The third-order valence-corrected chi connectivity index (χ3v) is 2.90. The minimum Gasteiger partial charge on any atom is -0.490 e. The predicted molar refractivity (Wildman–Crippen MR) is 80.4 cm³/mol. The van der Waals surface area contributed by atoms with Crippen LogP contribution in [0.25, 0.3) is 11.1 Å². The SMILES string of the molecule is CNCc1ccc(-c2ccccc2OC(C)C)cc1. The molecule has 2 nitrogen and oxygen atoms in total. The molecule has 2 aromatic rings. The lowest BCUT2D eigenvalue weighted by Gasteiger charge is -2.14. The van der Waals surface area contributed by atoms with Gasteiger partial charge in [0, 0.05) is 12.1 Å². The highest BCUT2D eigenvalue weighted by Crippen LogP contribution is 2.30. The van der Waals surface area contributed by atoms with Crippen LogP contribution in [0.2, 0.25) is 0 Å². The summed E-state index contributed by atoms with van der Waals surface area (Å²) in [4.78, 5) is 0. The molecule has 0 fully saturated rings. The summed E-state index contributed by atoms with van der Waals surface area (Å²) in [5.41, 5.74) is 3.62. The summed E-state index contributed by atoms with van der Waals surface area (Å²) in [6.07, 6.45) is 0.185. The van der Waals surface area contributed by atoms with Crippen LogP contribution in [0.15, 0.2) is 48.5 Å². The quantitative estimate of drug-likeness (QED) is 0.876. The Morgan fingerprint density at radius 2 is 1.68 bits per heavy atom. The summed E-state index contributed by atoms with van der Waals surface area (Å²) in [6.45, 7) is 4.99. The fraction of sp³-hybridized carbons (Fsp3) is 0.294. The molecule has 2 heteroatoms. The van der Waals surface area contributed by atoms with Crippen molar-refractivity contribution in [3.63, 3.8) is 0 Å². The molecule has 0 aromatic heterocycles. The summed E-state index contributed by atoms with van der Waals surface area (Å²) in [5.74, 6) is 0.943. The van der Waals surface area contributed by atoms with E-state index in [0.717, 1.165) is 17.9 Å². The van der Waals surface area contributed by atoms with Gasteiger partial charge in [-0.05, 0) is 38.1 Å². The van der Waals surface area contributed by atoms with Crippen LogP contribution in [0.1, 0.15) is 19.4 Å². The summed E-state index contributed by atoms with van der Waals surface area (Å²) in [6, 6.07) is 16.8. The molecule has 0 unspecified atom stereocenters. The minimum atomic E-state index is 0.185. The van der Waals surface area contributed by atoms with Crippen molar-refractivity contribution >= 4 is 0 Å². The average molecular weight is 255 g/mol. The maximum Gasteiger partial charge on any atom is 0.127 e. The van der Waals surface area contributed by atoms with Crippen LogP contribution in [0.4, 0.5) is 0 Å². The van der Waals surface area contributed by atoms with E-state index in [0.29, 0.717) is 0 Å². The molecule has 0 amide bonds. The monoisotopic (exact) mass is 255 g/mol. The van der Waals surface area contributed by atoms with E-state index in [4.69, 9.17) is 4.74 Å². The summed E-state index contributed by atoms with van der Waals surface area (Å²) >= 11 is 0. The van der Waals surface area contributed by atoms with Crippen molar-refractivity contribution in [1.82, 2.24) is 5.32 Å². The van der Waals surface area contributed by atoms with Gasteiger partial charge in [-0.3, -0.25) is 0 Å². The molecule has 0 aliphatic rings. The molecule has 0 atom stereocenters.